The van der Waals surface area contributed by atoms with Gasteiger partial charge in [0.25, 0.3) is 0 Å². The monoisotopic (exact) mass is 307 g/mol. The Hall–Kier alpha value is -0.760. The average Bonchev–Trinajstić information content (AvgIpc) is 2.34. The van der Waals surface area contributed by atoms with Crippen LogP contribution in [0.4, 0.5) is 0 Å². The highest BCUT2D eigenvalue weighted by atomic mass is 32.2. The largest absolute Gasteiger partial charge is 0.282 e. The molecule has 2 heteroatoms. The normalized spacial score (nSPS) is 13.2. The topological polar surface area (TPSA) is 17.1 Å². The summed E-state index contributed by atoms with van der Waals surface area (Å²) in [4.78, 5) is 12.8. The fraction of sp³-hybridized carbons (Fsp3) is 0.632. The van der Waals surface area contributed by atoms with Crippen LogP contribution in [0.2, 0.25) is 0 Å². The summed E-state index contributed by atoms with van der Waals surface area (Å²) in [7, 11) is 0. The third kappa shape index (κ3) is 4.60. The lowest BCUT2D eigenvalue weighted by Gasteiger charge is -2.22. The van der Waals surface area contributed by atoms with Gasteiger partial charge in [0.05, 0.1) is 0 Å². The Morgan fingerprint density at radius 2 is 1.33 bits per heavy atom. The Balaban J connectivity index is 3.55. The second kappa shape index (κ2) is 7.49. The number of rotatable bonds is 5. The summed E-state index contributed by atoms with van der Waals surface area (Å²) >= 11 is 1.11. The van der Waals surface area contributed by atoms with Crippen LogP contribution < -0.4 is 0 Å². The lowest BCUT2D eigenvalue weighted by molar-refractivity contribution is 0.108. The van der Waals surface area contributed by atoms with Crippen LogP contribution in [0.25, 0.3) is 0 Å². The first kappa shape index (κ1) is 16.6. The van der Waals surface area contributed by atoms with Crippen LogP contribution in [-0.2, 0) is 0 Å². The number of thioether (sulfide) groups is 1. The highest BCUT2D eigenvalue weighted by molar-refractivity contribution is 8.14. The van der Waals surface area contributed by atoms with E-state index in [4.69, 9.17) is 1.37 Å². The van der Waals surface area contributed by atoms with Gasteiger partial charge in [0, 0.05) is 12.2 Å². The fourth-order valence-electron chi connectivity index (χ4n) is 2.43. The smallest absolute Gasteiger partial charge is 0.220 e. The average molecular weight is 308 g/mol. The molecule has 0 radical (unpaired) electrons. The molecule has 0 atom stereocenters. The van der Waals surface area contributed by atoms with Gasteiger partial charge in [-0.2, -0.15) is 0 Å². The van der Waals surface area contributed by atoms with Crippen molar-refractivity contribution in [1.82, 2.24) is 0 Å². The molecular weight excluding hydrogens is 276 g/mol. The third-order valence-corrected chi connectivity index (χ3v) is 4.43. The van der Waals surface area contributed by atoms with E-state index in [9.17, 15) is 4.79 Å². The molecule has 21 heavy (non-hydrogen) atoms. The summed E-state index contributed by atoms with van der Waals surface area (Å²) in [5, 5.41) is -0.779. The van der Waals surface area contributed by atoms with Gasteiger partial charge >= 0.3 is 0 Å². The van der Waals surface area contributed by atoms with E-state index in [0.717, 1.165) is 28.5 Å². The zero-order chi connectivity index (χ0) is 17.2. The van der Waals surface area contributed by atoms with Crippen molar-refractivity contribution < 1.29 is 6.17 Å². The van der Waals surface area contributed by atoms with Crippen molar-refractivity contribution in [3.8, 4) is 0 Å². The molecule has 1 aromatic rings. The van der Waals surface area contributed by atoms with E-state index in [1.54, 1.807) is 13.8 Å². The Kier molecular flexibility index (Phi) is 5.92. The Morgan fingerprint density at radius 1 is 0.905 bits per heavy atom. The van der Waals surface area contributed by atoms with Gasteiger partial charge < -0.3 is 0 Å². The molecule has 1 nitrogen and oxygen atoms in total. The van der Waals surface area contributed by atoms with E-state index >= 15 is 0 Å². The second-order valence-corrected chi connectivity index (χ2v) is 8.23. The van der Waals surface area contributed by atoms with Gasteiger partial charge in [-0.25, -0.2) is 0 Å². The van der Waals surface area contributed by atoms with Crippen molar-refractivity contribution in [2.45, 2.75) is 78.4 Å². The summed E-state index contributed by atoms with van der Waals surface area (Å²) in [5.41, 5.74) is 4.37. The molecule has 0 aliphatic rings. The standard InChI is InChI=1S/C19H30OS/c1-11(2)15-9-16(12(3)4)18(17(10-15)13(5)6)19(20)21-14(7)8/h9-14H,1-8H3/i14D. The number of hydrogen-bond donors (Lipinski definition) is 0. The van der Waals surface area contributed by atoms with Crippen LogP contribution in [0.3, 0.4) is 0 Å². The zero-order valence-corrected chi connectivity index (χ0v) is 15.5. The molecule has 0 aliphatic heterocycles. The predicted octanol–water partition coefficient (Wildman–Crippen LogP) is 6.34. The van der Waals surface area contributed by atoms with Gasteiger partial charge in [-0.3, -0.25) is 4.79 Å². The molecule has 0 unspecified atom stereocenters. The van der Waals surface area contributed by atoms with E-state index in [1.165, 1.54) is 5.56 Å². The van der Waals surface area contributed by atoms with Crippen LogP contribution in [-0.4, -0.2) is 10.3 Å². The number of carbonyl (C=O) groups is 1. The minimum atomic E-state index is -0.809. The van der Waals surface area contributed by atoms with E-state index in [1.807, 2.05) is 0 Å². The van der Waals surface area contributed by atoms with Gasteiger partial charge in [0.1, 0.15) is 0 Å². The summed E-state index contributed by atoms with van der Waals surface area (Å²) in [6, 6.07) is 4.37. The highest BCUT2D eigenvalue weighted by Crippen LogP contribution is 2.35. The van der Waals surface area contributed by atoms with Crippen LogP contribution >= 0.6 is 11.8 Å². The lowest BCUT2D eigenvalue weighted by atomic mass is 9.85. The van der Waals surface area contributed by atoms with Gasteiger partial charge in [-0.05, 0) is 34.4 Å². The molecule has 118 valence electrons. The second-order valence-electron chi connectivity index (χ2n) is 6.84. The maximum absolute atomic E-state index is 12.8. The molecule has 0 amide bonds. The Morgan fingerprint density at radius 3 is 1.62 bits per heavy atom. The van der Waals surface area contributed by atoms with E-state index in [-0.39, 0.29) is 5.12 Å². The van der Waals surface area contributed by atoms with Crippen LogP contribution in [0.15, 0.2) is 12.1 Å². The maximum atomic E-state index is 12.8. The van der Waals surface area contributed by atoms with Crippen molar-refractivity contribution in [2.24, 2.45) is 0 Å². The summed E-state index contributed by atoms with van der Waals surface area (Å²) < 4.78 is 8.02. The van der Waals surface area contributed by atoms with Crippen LogP contribution in [0.1, 0.15) is 102 Å². The van der Waals surface area contributed by atoms with Crippen molar-refractivity contribution >= 4 is 16.9 Å². The molecule has 0 saturated carbocycles. The predicted molar refractivity (Wildman–Crippen MR) is 95.8 cm³/mol. The van der Waals surface area contributed by atoms with Gasteiger partial charge in [-0.15, -0.1) is 0 Å². The number of carbonyl (C=O) groups excluding carboxylic acids is 1. The fourth-order valence-corrected chi connectivity index (χ4v) is 3.14. The SMILES string of the molecule is [2H]C(C)(C)SC(=O)c1c(C(C)C)cc(C(C)C)cc1C(C)C. The zero-order valence-electron chi connectivity index (χ0n) is 15.7. The highest BCUT2D eigenvalue weighted by Gasteiger charge is 2.22. The van der Waals surface area contributed by atoms with Crippen molar-refractivity contribution in [3.05, 3.63) is 34.4 Å². The maximum Gasteiger partial charge on any atom is 0.220 e. The van der Waals surface area contributed by atoms with Crippen LogP contribution in [0.5, 0.6) is 0 Å². The molecule has 1 rings (SSSR count). The molecule has 0 saturated heterocycles. The Labute approximate surface area is 136 Å². The summed E-state index contributed by atoms with van der Waals surface area (Å²) in [6.07, 6.45) is 0. The quantitative estimate of drug-likeness (QED) is 0.631. The van der Waals surface area contributed by atoms with Crippen molar-refractivity contribution in [3.63, 3.8) is 0 Å². The van der Waals surface area contributed by atoms with E-state index in [0.29, 0.717) is 17.8 Å². The van der Waals surface area contributed by atoms with Crippen LogP contribution in [0, 0.1) is 0 Å². The summed E-state index contributed by atoms with van der Waals surface area (Å²) in [5.74, 6) is 1.04. The third-order valence-electron chi connectivity index (χ3n) is 3.63. The minimum Gasteiger partial charge on any atom is -0.282 e. The lowest BCUT2D eigenvalue weighted by Crippen LogP contribution is -2.11. The first-order chi connectivity index (χ1) is 9.94. The van der Waals surface area contributed by atoms with Gasteiger partial charge in [0.2, 0.25) is 5.12 Å². The number of benzene rings is 1. The molecule has 0 fully saturated rings. The molecule has 1 aromatic carbocycles. The van der Waals surface area contributed by atoms with E-state index < -0.39 is 5.23 Å². The molecule has 0 spiro atoms. The minimum absolute atomic E-state index is 0.0303. The molecule has 0 bridgehead atoms. The van der Waals surface area contributed by atoms with Crippen molar-refractivity contribution in [2.75, 3.05) is 0 Å². The first-order valence-electron chi connectivity index (χ1n) is 8.35. The molecule has 0 heterocycles. The summed E-state index contributed by atoms with van der Waals surface area (Å²) in [6.45, 7) is 16.4. The molecule has 0 aromatic heterocycles. The molecular formula is C19H30OS. The van der Waals surface area contributed by atoms with Gasteiger partial charge in [-0.1, -0.05) is 79.3 Å². The number of hydrogen-bond acceptors (Lipinski definition) is 2. The Bertz CT molecular complexity index is 510. The molecule has 0 aliphatic carbocycles. The first-order valence-corrected chi connectivity index (χ1v) is 8.66. The van der Waals surface area contributed by atoms with E-state index in [2.05, 4.69) is 53.7 Å². The van der Waals surface area contributed by atoms with Gasteiger partial charge in [0.15, 0.2) is 0 Å². The molecule has 0 N–H and O–H groups in total. The van der Waals surface area contributed by atoms with Crippen molar-refractivity contribution in [1.29, 1.82) is 0 Å².